The van der Waals surface area contributed by atoms with Crippen molar-refractivity contribution in [3.63, 3.8) is 0 Å². The van der Waals surface area contributed by atoms with Crippen molar-refractivity contribution in [2.45, 2.75) is 31.8 Å². The van der Waals surface area contributed by atoms with Gasteiger partial charge in [-0.15, -0.1) is 0 Å². The van der Waals surface area contributed by atoms with Gasteiger partial charge in [0.1, 0.15) is 11.9 Å². The molecule has 2 bridgehead atoms. The van der Waals surface area contributed by atoms with Gasteiger partial charge >= 0.3 is 0 Å². The van der Waals surface area contributed by atoms with Crippen molar-refractivity contribution in [3.8, 4) is 0 Å². The predicted molar refractivity (Wildman–Crippen MR) is 65.6 cm³/mol. The van der Waals surface area contributed by atoms with Crippen LogP contribution >= 0.6 is 0 Å². The molecule has 2 aliphatic rings. The first-order valence-electron chi connectivity index (χ1n) is 6.73. The second-order valence-electron chi connectivity index (χ2n) is 5.56. The van der Waals surface area contributed by atoms with Crippen molar-refractivity contribution in [2.75, 3.05) is 6.54 Å². The number of nitrogens with one attached hydrogen (secondary N) is 1. The van der Waals surface area contributed by atoms with E-state index < -0.39 is 6.10 Å². The van der Waals surface area contributed by atoms with E-state index >= 15 is 0 Å². The Labute approximate surface area is 106 Å². The van der Waals surface area contributed by atoms with Crippen LogP contribution in [0.1, 0.15) is 37.5 Å². The van der Waals surface area contributed by atoms with E-state index in [-0.39, 0.29) is 18.4 Å². The summed E-state index contributed by atoms with van der Waals surface area (Å²) >= 11 is 0. The molecule has 0 saturated heterocycles. The van der Waals surface area contributed by atoms with E-state index in [1.807, 2.05) is 0 Å². The van der Waals surface area contributed by atoms with Crippen molar-refractivity contribution in [3.05, 3.63) is 24.2 Å². The lowest BCUT2D eigenvalue weighted by atomic mass is 9.88. The van der Waals surface area contributed by atoms with Crippen LogP contribution < -0.4 is 5.32 Å². The molecule has 0 aliphatic heterocycles. The molecule has 4 nitrogen and oxygen atoms in total. The zero-order valence-electron chi connectivity index (χ0n) is 10.3. The maximum Gasteiger partial charge on any atom is 0.223 e. The fourth-order valence-corrected chi connectivity index (χ4v) is 3.48. The number of hydrogen-bond acceptors (Lipinski definition) is 3. The summed E-state index contributed by atoms with van der Waals surface area (Å²) in [5.41, 5.74) is 0. The standard InChI is InChI=1S/C14H19NO3/c16-12(13-2-1-5-18-13)8-15-14(17)11-7-9-3-4-10(11)6-9/h1-2,5,9-12,16H,3-4,6-8H2,(H,15,17). The van der Waals surface area contributed by atoms with Crippen LogP contribution in [0.15, 0.2) is 22.8 Å². The summed E-state index contributed by atoms with van der Waals surface area (Å²) in [6.45, 7) is 0.236. The van der Waals surface area contributed by atoms with Crippen molar-refractivity contribution in [1.82, 2.24) is 5.32 Å². The molecule has 1 aromatic heterocycles. The van der Waals surface area contributed by atoms with Gasteiger partial charge in [0, 0.05) is 5.92 Å². The number of carbonyl (C=O) groups excluding carboxylic acids is 1. The van der Waals surface area contributed by atoms with E-state index in [1.54, 1.807) is 12.1 Å². The molecule has 1 aromatic rings. The molecule has 2 fully saturated rings. The lowest BCUT2D eigenvalue weighted by molar-refractivity contribution is -0.127. The molecule has 4 unspecified atom stereocenters. The van der Waals surface area contributed by atoms with Crippen LogP contribution in [0.2, 0.25) is 0 Å². The highest BCUT2D eigenvalue weighted by molar-refractivity contribution is 5.79. The predicted octanol–water partition coefficient (Wildman–Crippen LogP) is 1.87. The van der Waals surface area contributed by atoms with E-state index in [2.05, 4.69) is 5.32 Å². The summed E-state index contributed by atoms with van der Waals surface area (Å²) in [5.74, 6) is 2.13. The van der Waals surface area contributed by atoms with Crippen LogP contribution in [0.25, 0.3) is 0 Å². The first kappa shape index (κ1) is 11.8. The summed E-state index contributed by atoms with van der Waals surface area (Å²) in [5, 5.41) is 12.7. The lowest BCUT2D eigenvalue weighted by Gasteiger charge is -2.21. The highest BCUT2D eigenvalue weighted by Gasteiger charge is 2.42. The maximum atomic E-state index is 12.1. The number of rotatable bonds is 4. The highest BCUT2D eigenvalue weighted by atomic mass is 16.4. The SMILES string of the molecule is O=C(NCC(O)c1ccco1)C1CC2CCC1C2. The number of hydrogen-bond donors (Lipinski definition) is 2. The van der Waals surface area contributed by atoms with Crippen LogP contribution in [-0.2, 0) is 4.79 Å². The normalized spacial score (nSPS) is 31.5. The van der Waals surface area contributed by atoms with Gasteiger partial charge in [-0.3, -0.25) is 4.79 Å². The minimum atomic E-state index is -0.748. The smallest absolute Gasteiger partial charge is 0.223 e. The molecule has 18 heavy (non-hydrogen) atoms. The summed E-state index contributed by atoms with van der Waals surface area (Å²) < 4.78 is 5.10. The zero-order chi connectivity index (χ0) is 12.5. The maximum absolute atomic E-state index is 12.1. The van der Waals surface area contributed by atoms with Crippen LogP contribution in [0.3, 0.4) is 0 Å². The van der Waals surface area contributed by atoms with Crippen molar-refractivity contribution >= 4 is 5.91 Å². The molecule has 0 spiro atoms. The number of aliphatic hydroxyl groups is 1. The van der Waals surface area contributed by atoms with E-state index in [4.69, 9.17) is 4.42 Å². The Morgan fingerprint density at radius 2 is 2.39 bits per heavy atom. The van der Waals surface area contributed by atoms with E-state index in [9.17, 15) is 9.90 Å². The molecule has 1 amide bonds. The van der Waals surface area contributed by atoms with Crippen molar-refractivity contribution in [2.24, 2.45) is 17.8 Å². The van der Waals surface area contributed by atoms with Gasteiger partial charge in [0.05, 0.1) is 12.8 Å². The van der Waals surface area contributed by atoms with E-state index in [1.165, 1.54) is 25.5 Å². The second kappa shape index (κ2) is 4.76. The van der Waals surface area contributed by atoms with Crippen LogP contribution in [-0.4, -0.2) is 17.6 Å². The molecule has 4 atom stereocenters. The molecule has 3 rings (SSSR count). The number of fused-ring (bicyclic) bond motifs is 2. The first-order chi connectivity index (χ1) is 8.74. The minimum absolute atomic E-state index is 0.104. The van der Waals surface area contributed by atoms with Gasteiger partial charge in [0.2, 0.25) is 5.91 Å². The molecular weight excluding hydrogens is 230 g/mol. The average Bonchev–Trinajstić information content (AvgIpc) is 3.09. The van der Waals surface area contributed by atoms with Gasteiger partial charge < -0.3 is 14.8 Å². The van der Waals surface area contributed by atoms with Gasteiger partial charge in [0.25, 0.3) is 0 Å². The van der Waals surface area contributed by atoms with Crippen LogP contribution in [0.5, 0.6) is 0 Å². The average molecular weight is 249 g/mol. The lowest BCUT2D eigenvalue weighted by Crippen LogP contribution is -2.36. The topological polar surface area (TPSA) is 62.5 Å². The Morgan fingerprint density at radius 3 is 3.00 bits per heavy atom. The Kier molecular flexibility index (Phi) is 3.12. The van der Waals surface area contributed by atoms with E-state index in [0.29, 0.717) is 11.7 Å². The third-order valence-corrected chi connectivity index (χ3v) is 4.42. The Balaban J connectivity index is 1.50. The highest BCUT2D eigenvalue weighted by Crippen LogP contribution is 2.48. The molecule has 2 aliphatic carbocycles. The molecule has 2 N–H and O–H groups in total. The van der Waals surface area contributed by atoms with Crippen LogP contribution in [0.4, 0.5) is 0 Å². The largest absolute Gasteiger partial charge is 0.467 e. The Bertz CT molecular complexity index is 415. The van der Waals surface area contributed by atoms with Gasteiger partial charge in [0.15, 0.2) is 0 Å². The third-order valence-electron chi connectivity index (χ3n) is 4.42. The number of furan rings is 1. The van der Waals surface area contributed by atoms with Crippen LogP contribution in [0, 0.1) is 17.8 Å². The van der Waals surface area contributed by atoms with Crippen molar-refractivity contribution in [1.29, 1.82) is 0 Å². The quantitative estimate of drug-likeness (QED) is 0.856. The van der Waals surface area contributed by atoms with Gasteiger partial charge in [-0.05, 0) is 43.2 Å². The number of amides is 1. The molecule has 98 valence electrons. The fourth-order valence-electron chi connectivity index (χ4n) is 3.48. The molecule has 0 radical (unpaired) electrons. The molecule has 1 heterocycles. The molecular formula is C14H19NO3. The van der Waals surface area contributed by atoms with E-state index in [0.717, 1.165) is 12.3 Å². The molecule has 0 aromatic carbocycles. The summed E-state index contributed by atoms with van der Waals surface area (Å²) in [4.78, 5) is 12.1. The van der Waals surface area contributed by atoms with Gasteiger partial charge in [-0.2, -0.15) is 0 Å². The second-order valence-corrected chi connectivity index (χ2v) is 5.56. The zero-order valence-corrected chi connectivity index (χ0v) is 10.3. The summed E-state index contributed by atoms with van der Waals surface area (Å²) in [6.07, 6.45) is 5.53. The molecule has 2 saturated carbocycles. The first-order valence-corrected chi connectivity index (χ1v) is 6.73. The van der Waals surface area contributed by atoms with Gasteiger partial charge in [-0.25, -0.2) is 0 Å². The number of carbonyl (C=O) groups is 1. The monoisotopic (exact) mass is 249 g/mol. The van der Waals surface area contributed by atoms with Crippen molar-refractivity contribution < 1.29 is 14.3 Å². The summed E-state index contributed by atoms with van der Waals surface area (Å²) in [6, 6.07) is 3.45. The Morgan fingerprint density at radius 1 is 1.50 bits per heavy atom. The summed E-state index contributed by atoms with van der Waals surface area (Å²) in [7, 11) is 0. The minimum Gasteiger partial charge on any atom is -0.467 e. The van der Waals surface area contributed by atoms with Gasteiger partial charge in [-0.1, -0.05) is 6.42 Å². The Hall–Kier alpha value is -1.29. The number of aliphatic hydroxyl groups excluding tert-OH is 1. The third kappa shape index (κ3) is 2.17. The molecule has 4 heteroatoms. The fraction of sp³-hybridized carbons (Fsp3) is 0.643.